The largest absolute Gasteiger partial charge is 0.481 e. The molecular formula is C11H17N3O3S. The fourth-order valence-corrected chi connectivity index (χ4v) is 2.21. The van der Waals surface area contributed by atoms with Crippen LogP contribution < -0.4 is 5.32 Å². The molecular weight excluding hydrogens is 254 g/mol. The van der Waals surface area contributed by atoms with Crippen molar-refractivity contribution < 1.29 is 14.7 Å². The zero-order chi connectivity index (χ0) is 13.9. The molecule has 0 bridgehead atoms. The minimum Gasteiger partial charge on any atom is -0.481 e. The minimum atomic E-state index is -0.943. The van der Waals surface area contributed by atoms with Crippen molar-refractivity contribution in [1.82, 2.24) is 14.9 Å². The Kier molecular flexibility index (Phi) is 4.39. The third kappa shape index (κ3) is 3.76. The summed E-state index contributed by atoms with van der Waals surface area (Å²) in [6.45, 7) is 7.49. The van der Waals surface area contributed by atoms with E-state index in [9.17, 15) is 9.59 Å². The van der Waals surface area contributed by atoms with E-state index in [1.807, 2.05) is 20.8 Å². The number of carboxylic acids is 1. The van der Waals surface area contributed by atoms with Crippen LogP contribution in [0.1, 0.15) is 49.5 Å². The minimum absolute atomic E-state index is 0.108. The lowest BCUT2D eigenvalue weighted by Gasteiger charge is -2.17. The van der Waals surface area contributed by atoms with Gasteiger partial charge in [-0.05, 0) is 18.5 Å². The molecule has 0 aliphatic rings. The maximum atomic E-state index is 12.0. The third-order valence-corrected chi connectivity index (χ3v) is 2.99. The standard InChI is InChI=1S/C11H17N3O3S/c1-6(5-7(15)16)12-10(17)8-9(11(2,3)4)13-14-18-8/h6H,5H2,1-4H3,(H,12,17)(H,15,16). The first kappa shape index (κ1) is 14.6. The second kappa shape index (κ2) is 5.43. The first-order valence-electron chi connectivity index (χ1n) is 5.57. The van der Waals surface area contributed by atoms with E-state index in [0.29, 0.717) is 10.6 Å². The van der Waals surface area contributed by atoms with Gasteiger partial charge in [0, 0.05) is 11.5 Å². The van der Waals surface area contributed by atoms with Gasteiger partial charge in [-0.1, -0.05) is 25.3 Å². The number of amides is 1. The van der Waals surface area contributed by atoms with Crippen molar-refractivity contribution >= 4 is 23.4 Å². The van der Waals surface area contributed by atoms with Crippen LogP contribution in [0.25, 0.3) is 0 Å². The molecule has 1 atom stereocenters. The van der Waals surface area contributed by atoms with E-state index < -0.39 is 12.0 Å². The average Bonchev–Trinajstić information content (AvgIpc) is 2.62. The highest BCUT2D eigenvalue weighted by Gasteiger charge is 2.27. The molecule has 1 amide bonds. The SMILES string of the molecule is CC(CC(=O)O)NC(=O)c1snnc1C(C)(C)C. The summed E-state index contributed by atoms with van der Waals surface area (Å²) in [7, 11) is 0. The molecule has 1 aromatic heterocycles. The first-order chi connectivity index (χ1) is 8.21. The molecule has 0 fully saturated rings. The summed E-state index contributed by atoms with van der Waals surface area (Å²) in [5.41, 5.74) is 0.364. The van der Waals surface area contributed by atoms with Crippen LogP contribution >= 0.6 is 11.5 Å². The Morgan fingerprint density at radius 2 is 2.06 bits per heavy atom. The van der Waals surface area contributed by atoms with Gasteiger partial charge in [0.25, 0.3) is 5.91 Å². The van der Waals surface area contributed by atoms with Crippen molar-refractivity contribution in [3.8, 4) is 0 Å². The number of aromatic nitrogens is 2. The smallest absolute Gasteiger partial charge is 0.305 e. The van der Waals surface area contributed by atoms with Crippen molar-refractivity contribution in [2.45, 2.75) is 45.6 Å². The molecule has 0 saturated carbocycles. The maximum Gasteiger partial charge on any atom is 0.305 e. The van der Waals surface area contributed by atoms with E-state index in [1.54, 1.807) is 6.92 Å². The van der Waals surface area contributed by atoms with Crippen molar-refractivity contribution in [2.75, 3.05) is 0 Å². The summed E-state index contributed by atoms with van der Waals surface area (Å²) in [6.07, 6.45) is -0.108. The van der Waals surface area contributed by atoms with Crippen LogP contribution in [-0.4, -0.2) is 32.6 Å². The fourth-order valence-electron chi connectivity index (χ4n) is 1.43. The van der Waals surface area contributed by atoms with Gasteiger partial charge in [-0.15, -0.1) is 5.10 Å². The Labute approximate surface area is 110 Å². The monoisotopic (exact) mass is 271 g/mol. The van der Waals surface area contributed by atoms with Gasteiger partial charge in [-0.2, -0.15) is 0 Å². The van der Waals surface area contributed by atoms with E-state index in [4.69, 9.17) is 5.11 Å². The first-order valence-corrected chi connectivity index (χ1v) is 6.34. The molecule has 0 aliphatic heterocycles. The molecule has 1 rings (SSSR count). The third-order valence-electron chi connectivity index (χ3n) is 2.26. The van der Waals surface area contributed by atoms with Crippen LogP contribution in [0.5, 0.6) is 0 Å². The molecule has 100 valence electrons. The number of carboxylic acid groups (broad SMARTS) is 1. The zero-order valence-corrected chi connectivity index (χ0v) is 11.7. The second-order valence-electron chi connectivity index (χ2n) is 5.17. The van der Waals surface area contributed by atoms with E-state index in [2.05, 4.69) is 14.9 Å². The number of nitrogens with zero attached hydrogens (tertiary/aromatic N) is 2. The molecule has 2 N–H and O–H groups in total. The summed E-state index contributed by atoms with van der Waals surface area (Å²) in [5, 5.41) is 15.2. The van der Waals surface area contributed by atoms with Gasteiger partial charge in [-0.3, -0.25) is 9.59 Å². The predicted molar refractivity (Wildman–Crippen MR) is 67.8 cm³/mol. The van der Waals surface area contributed by atoms with Crippen LogP contribution in [0, 0.1) is 0 Å². The van der Waals surface area contributed by atoms with Crippen LogP contribution in [-0.2, 0) is 10.2 Å². The molecule has 1 aromatic rings. The zero-order valence-electron chi connectivity index (χ0n) is 10.9. The Hall–Kier alpha value is -1.50. The number of rotatable bonds is 4. The van der Waals surface area contributed by atoms with Crippen LogP contribution in [0.15, 0.2) is 0 Å². The van der Waals surface area contributed by atoms with Gasteiger partial charge in [0.15, 0.2) is 0 Å². The molecule has 0 radical (unpaired) electrons. The molecule has 6 nitrogen and oxygen atoms in total. The topological polar surface area (TPSA) is 92.2 Å². The number of hydrogen-bond donors (Lipinski definition) is 2. The molecule has 18 heavy (non-hydrogen) atoms. The second-order valence-corrected chi connectivity index (χ2v) is 5.93. The van der Waals surface area contributed by atoms with E-state index in [0.717, 1.165) is 11.5 Å². The van der Waals surface area contributed by atoms with Crippen molar-refractivity contribution in [2.24, 2.45) is 0 Å². The lowest BCUT2D eigenvalue weighted by molar-refractivity contribution is -0.137. The highest BCUT2D eigenvalue weighted by atomic mass is 32.1. The van der Waals surface area contributed by atoms with Gasteiger partial charge in [0.1, 0.15) is 4.88 Å². The Morgan fingerprint density at radius 3 is 2.56 bits per heavy atom. The van der Waals surface area contributed by atoms with E-state index in [-0.39, 0.29) is 17.7 Å². The molecule has 0 aromatic carbocycles. The maximum absolute atomic E-state index is 12.0. The van der Waals surface area contributed by atoms with Gasteiger partial charge in [0.05, 0.1) is 12.1 Å². The molecule has 0 aliphatic carbocycles. The fraction of sp³-hybridized carbons (Fsp3) is 0.636. The number of hydrogen-bond acceptors (Lipinski definition) is 5. The van der Waals surface area contributed by atoms with Gasteiger partial charge in [0.2, 0.25) is 0 Å². The van der Waals surface area contributed by atoms with Gasteiger partial charge in [-0.25, -0.2) is 0 Å². The van der Waals surface area contributed by atoms with Crippen molar-refractivity contribution in [3.05, 3.63) is 10.6 Å². The number of carbonyl (C=O) groups is 2. The van der Waals surface area contributed by atoms with Gasteiger partial charge >= 0.3 is 5.97 Å². The number of aliphatic carboxylic acids is 1. The Balaban J connectivity index is 2.80. The molecule has 0 spiro atoms. The molecule has 1 heterocycles. The Morgan fingerprint density at radius 1 is 1.44 bits per heavy atom. The van der Waals surface area contributed by atoms with E-state index in [1.165, 1.54) is 0 Å². The molecule has 7 heteroatoms. The van der Waals surface area contributed by atoms with Crippen molar-refractivity contribution in [3.63, 3.8) is 0 Å². The highest BCUT2D eigenvalue weighted by molar-refractivity contribution is 7.08. The molecule has 0 saturated heterocycles. The lowest BCUT2D eigenvalue weighted by Crippen LogP contribution is -2.35. The summed E-state index contributed by atoms with van der Waals surface area (Å²) in [5.74, 6) is -1.26. The van der Waals surface area contributed by atoms with Gasteiger partial charge < -0.3 is 10.4 Å². The van der Waals surface area contributed by atoms with Crippen LogP contribution in [0.2, 0.25) is 0 Å². The Bertz CT molecular complexity index is 451. The van der Waals surface area contributed by atoms with Crippen molar-refractivity contribution in [1.29, 1.82) is 0 Å². The summed E-state index contributed by atoms with van der Waals surface area (Å²) < 4.78 is 3.79. The summed E-state index contributed by atoms with van der Waals surface area (Å²) >= 11 is 1.02. The number of nitrogens with one attached hydrogen (secondary N) is 1. The van der Waals surface area contributed by atoms with E-state index >= 15 is 0 Å². The van der Waals surface area contributed by atoms with Crippen LogP contribution in [0.4, 0.5) is 0 Å². The predicted octanol–water partition coefficient (Wildman–Crippen LogP) is 1.43. The van der Waals surface area contributed by atoms with Crippen LogP contribution in [0.3, 0.4) is 0 Å². The average molecular weight is 271 g/mol. The highest BCUT2D eigenvalue weighted by Crippen LogP contribution is 2.25. The molecule has 1 unspecified atom stereocenters. The quantitative estimate of drug-likeness (QED) is 0.864. The summed E-state index contributed by atoms with van der Waals surface area (Å²) in [6, 6.07) is -0.426. The lowest BCUT2D eigenvalue weighted by atomic mass is 9.91. The summed E-state index contributed by atoms with van der Waals surface area (Å²) in [4.78, 5) is 23.0. The number of carbonyl (C=O) groups excluding carboxylic acids is 1. The normalized spacial score (nSPS) is 13.1.